The number of anilines is 2. The topological polar surface area (TPSA) is 75.7 Å². The van der Waals surface area contributed by atoms with Gasteiger partial charge < -0.3 is 10.1 Å². The summed E-state index contributed by atoms with van der Waals surface area (Å²) in [7, 11) is -3.57. The van der Waals surface area contributed by atoms with E-state index in [4.69, 9.17) is 0 Å². The highest BCUT2D eigenvalue weighted by Gasteiger charge is 2.31. The van der Waals surface area contributed by atoms with E-state index in [1.54, 1.807) is 0 Å². The molecule has 6 nitrogen and oxygen atoms in total. The Bertz CT molecular complexity index is 1160. The fourth-order valence-electron chi connectivity index (χ4n) is 2.87. The number of carbonyl (C=O) groups excluding carboxylic acids is 1. The molecule has 0 aliphatic carbocycles. The molecule has 0 unspecified atom stereocenters. The van der Waals surface area contributed by atoms with Crippen molar-refractivity contribution in [2.75, 3.05) is 15.9 Å². The van der Waals surface area contributed by atoms with Crippen molar-refractivity contribution in [3.63, 3.8) is 0 Å². The van der Waals surface area contributed by atoms with E-state index in [9.17, 15) is 26.4 Å². The number of sulfonamides is 1. The molecule has 0 atom stereocenters. The number of hydrogen-bond acceptors (Lipinski definition) is 4. The monoisotopic (exact) mass is 464 g/mol. The van der Waals surface area contributed by atoms with Crippen molar-refractivity contribution in [2.24, 2.45) is 0 Å². The number of benzene rings is 3. The molecule has 1 amide bonds. The fraction of sp³-hybridized carbons (Fsp3) is 0.136. The van der Waals surface area contributed by atoms with Gasteiger partial charge in [-0.3, -0.25) is 9.10 Å². The predicted molar refractivity (Wildman–Crippen MR) is 115 cm³/mol. The van der Waals surface area contributed by atoms with Gasteiger partial charge in [0.2, 0.25) is 10.0 Å². The van der Waals surface area contributed by atoms with E-state index < -0.39 is 28.0 Å². The van der Waals surface area contributed by atoms with Crippen molar-refractivity contribution >= 4 is 27.3 Å². The molecule has 32 heavy (non-hydrogen) atoms. The molecule has 3 rings (SSSR count). The van der Waals surface area contributed by atoms with Crippen LogP contribution in [0.2, 0.25) is 0 Å². The maximum absolute atomic E-state index is 12.4. The van der Waals surface area contributed by atoms with Gasteiger partial charge in [0.15, 0.2) is 0 Å². The molecule has 0 saturated carbocycles. The summed E-state index contributed by atoms with van der Waals surface area (Å²) in [6, 6.07) is 19.8. The molecule has 0 radical (unpaired) electrons. The summed E-state index contributed by atoms with van der Waals surface area (Å²) >= 11 is 0. The summed E-state index contributed by atoms with van der Waals surface area (Å²) in [5, 5.41) is 2.56. The van der Waals surface area contributed by atoms with E-state index in [0.29, 0.717) is 5.69 Å². The van der Waals surface area contributed by atoms with Crippen molar-refractivity contribution in [2.45, 2.75) is 12.9 Å². The number of nitrogens with one attached hydrogen (secondary N) is 1. The van der Waals surface area contributed by atoms with Crippen LogP contribution in [-0.2, 0) is 16.6 Å². The number of rotatable bonds is 7. The number of ether oxygens (including phenoxy) is 1. The summed E-state index contributed by atoms with van der Waals surface area (Å²) < 4.78 is 66.2. The molecular weight excluding hydrogens is 445 g/mol. The Morgan fingerprint density at radius 1 is 0.938 bits per heavy atom. The van der Waals surface area contributed by atoms with Gasteiger partial charge in [-0.15, -0.1) is 13.2 Å². The van der Waals surface area contributed by atoms with Crippen LogP contribution in [0.5, 0.6) is 5.75 Å². The Morgan fingerprint density at radius 2 is 1.53 bits per heavy atom. The van der Waals surface area contributed by atoms with Crippen LogP contribution in [0, 0.1) is 0 Å². The van der Waals surface area contributed by atoms with Crippen molar-refractivity contribution in [1.82, 2.24) is 0 Å². The van der Waals surface area contributed by atoms with Crippen LogP contribution in [0.4, 0.5) is 24.5 Å². The molecule has 10 heteroatoms. The van der Waals surface area contributed by atoms with E-state index in [0.717, 1.165) is 24.0 Å². The minimum atomic E-state index is -4.80. The Morgan fingerprint density at radius 3 is 2.06 bits per heavy atom. The van der Waals surface area contributed by atoms with Crippen LogP contribution in [-0.4, -0.2) is 26.9 Å². The molecule has 0 aliphatic rings. The molecular formula is C22H19F3N2O4S. The number of hydrogen-bond donors (Lipinski definition) is 1. The number of amides is 1. The SMILES string of the molecule is CS(=O)(=O)N(Cc1ccccc1)c1ccc(C(=O)Nc2ccc(OC(F)(F)F)cc2)cc1. The van der Waals surface area contributed by atoms with Gasteiger partial charge in [-0.2, -0.15) is 0 Å². The molecule has 0 aliphatic heterocycles. The van der Waals surface area contributed by atoms with Crippen LogP contribution >= 0.6 is 0 Å². The normalized spacial score (nSPS) is 11.6. The van der Waals surface area contributed by atoms with Crippen molar-refractivity contribution in [3.05, 3.63) is 90.0 Å². The average molecular weight is 464 g/mol. The summed E-state index contributed by atoms with van der Waals surface area (Å²) in [6.07, 6.45) is -3.70. The summed E-state index contributed by atoms with van der Waals surface area (Å²) in [4.78, 5) is 12.4. The van der Waals surface area contributed by atoms with Gasteiger partial charge in [0, 0.05) is 11.3 Å². The second kappa shape index (κ2) is 9.31. The van der Waals surface area contributed by atoms with Crippen LogP contribution in [0.1, 0.15) is 15.9 Å². The van der Waals surface area contributed by atoms with E-state index in [2.05, 4.69) is 10.1 Å². The average Bonchev–Trinajstić information content (AvgIpc) is 2.72. The van der Waals surface area contributed by atoms with Gasteiger partial charge >= 0.3 is 6.36 Å². The standard InChI is InChI=1S/C22H19F3N2O4S/c1-32(29,30)27(15-16-5-3-2-4-6-16)19-11-7-17(8-12-19)21(28)26-18-9-13-20(14-10-18)31-22(23,24)25/h2-14H,15H2,1H3,(H,26,28). The van der Waals surface area contributed by atoms with Crippen LogP contribution in [0.25, 0.3) is 0 Å². The molecule has 0 heterocycles. The minimum absolute atomic E-state index is 0.136. The first-order chi connectivity index (χ1) is 15.0. The third-order valence-electron chi connectivity index (χ3n) is 4.33. The maximum atomic E-state index is 12.4. The minimum Gasteiger partial charge on any atom is -0.406 e. The van der Waals surface area contributed by atoms with Crippen molar-refractivity contribution in [3.8, 4) is 5.75 Å². The predicted octanol–water partition coefficient (Wildman–Crippen LogP) is 4.80. The summed E-state index contributed by atoms with van der Waals surface area (Å²) in [5.41, 5.74) is 1.72. The number of halogens is 3. The third-order valence-corrected chi connectivity index (χ3v) is 5.47. The zero-order chi connectivity index (χ0) is 23.4. The first kappa shape index (κ1) is 23.1. The fourth-order valence-corrected chi connectivity index (χ4v) is 3.76. The first-order valence-electron chi connectivity index (χ1n) is 9.30. The molecule has 1 N–H and O–H groups in total. The molecule has 0 spiro atoms. The lowest BCUT2D eigenvalue weighted by atomic mass is 10.1. The van der Waals surface area contributed by atoms with E-state index in [1.807, 2.05) is 30.3 Å². The lowest BCUT2D eigenvalue weighted by Gasteiger charge is -2.22. The number of carbonyl (C=O) groups is 1. The zero-order valence-electron chi connectivity index (χ0n) is 16.8. The van der Waals surface area contributed by atoms with Gasteiger partial charge in [0.05, 0.1) is 18.5 Å². The van der Waals surface area contributed by atoms with Gasteiger partial charge in [-0.1, -0.05) is 30.3 Å². The molecule has 0 aromatic heterocycles. The van der Waals surface area contributed by atoms with Crippen LogP contribution in [0.3, 0.4) is 0 Å². The highest BCUT2D eigenvalue weighted by atomic mass is 32.2. The molecule has 3 aromatic rings. The quantitative estimate of drug-likeness (QED) is 0.545. The number of nitrogens with zero attached hydrogens (tertiary/aromatic N) is 1. The largest absolute Gasteiger partial charge is 0.573 e. The Labute approximate surface area is 183 Å². The molecule has 0 fully saturated rings. The Kier molecular flexibility index (Phi) is 6.73. The lowest BCUT2D eigenvalue weighted by Crippen LogP contribution is -2.29. The molecule has 168 valence electrons. The van der Waals surface area contributed by atoms with Crippen molar-refractivity contribution in [1.29, 1.82) is 0 Å². The van der Waals surface area contributed by atoms with E-state index in [-0.39, 0.29) is 17.8 Å². The Balaban J connectivity index is 1.71. The lowest BCUT2D eigenvalue weighted by molar-refractivity contribution is -0.274. The number of alkyl halides is 3. The molecule has 0 bridgehead atoms. The van der Waals surface area contributed by atoms with Crippen LogP contribution in [0.15, 0.2) is 78.9 Å². The van der Waals surface area contributed by atoms with Gasteiger partial charge in [-0.05, 0) is 54.1 Å². The van der Waals surface area contributed by atoms with Gasteiger partial charge in [0.1, 0.15) is 5.75 Å². The smallest absolute Gasteiger partial charge is 0.406 e. The third kappa shape index (κ3) is 6.48. The maximum Gasteiger partial charge on any atom is 0.573 e. The van der Waals surface area contributed by atoms with Gasteiger partial charge in [-0.25, -0.2) is 8.42 Å². The summed E-state index contributed by atoms with van der Waals surface area (Å²) in [5.74, 6) is -0.908. The van der Waals surface area contributed by atoms with Crippen LogP contribution < -0.4 is 14.4 Å². The van der Waals surface area contributed by atoms with Gasteiger partial charge in [0.25, 0.3) is 5.91 Å². The molecule has 0 saturated heterocycles. The first-order valence-corrected chi connectivity index (χ1v) is 11.1. The highest BCUT2D eigenvalue weighted by molar-refractivity contribution is 7.92. The Hall–Kier alpha value is -3.53. The van der Waals surface area contributed by atoms with Crippen molar-refractivity contribution < 1.29 is 31.1 Å². The van der Waals surface area contributed by atoms with E-state index in [1.165, 1.54) is 40.7 Å². The zero-order valence-corrected chi connectivity index (χ0v) is 17.7. The van der Waals surface area contributed by atoms with E-state index >= 15 is 0 Å². The molecule has 3 aromatic carbocycles. The second-order valence-electron chi connectivity index (χ2n) is 6.83. The second-order valence-corrected chi connectivity index (χ2v) is 8.74. The summed E-state index contributed by atoms with van der Waals surface area (Å²) in [6.45, 7) is 0.136. The highest BCUT2D eigenvalue weighted by Crippen LogP contribution is 2.25.